The summed E-state index contributed by atoms with van der Waals surface area (Å²) in [6.07, 6.45) is 2.19. The second-order valence-corrected chi connectivity index (χ2v) is 7.74. The minimum atomic E-state index is 0.00587. The molecule has 2 amide bonds. The number of rotatable bonds is 3. The van der Waals surface area contributed by atoms with Gasteiger partial charge < -0.3 is 10.2 Å². The van der Waals surface area contributed by atoms with Crippen LogP contribution >= 0.6 is 0 Å². The molecule has 0 radical (unpaired) electrons. The zero-order valence-corrected chi connectivity index (χ0v) is 14.7. The van der Waals surface area contributed by atoms with Crippen LogP contribution in [0.15, 0.2) is 24.3 Å². The van der Waals surface area contributed by atoms with E-state index in [0.717, 1.165) is 24.0 Å². The van der Waals surface area contributed by atoms with Crippen LogP contribution in [0.5, 0.6) is 0 Å². The van der Waals surface area contributed by atoms with E-state index in [-0.39, 0.29) is 23.3 Å². The zero-order valence-electron chi connectivity index (χ0n) is 14.7. The van der Waals surface area contributed by atoms with E-state index in [2.05, 4.69) is 26.1 Å². The molecule has 0 aliphatic carbocycles. The van der Waals surface area contributed by atoms with Crippen LogP contribution in [0.2, 0.25) is 0 Å². The molecule has 1 aliphatic rings. The summed E-state index contributed by atoms with van der Waals surface area (Å²) in [5, 5.41) is 3.11. The number of hydrogen-bond donors (Lipinski definition) is 1. The Kier molecular flexibility index (Phi) is 5.45. The van der Waals surface area contributed by atoms with Crippen molar-refractivity contribution >= 4 is 11.8 Å². The van der Waals surface area contributed by atoms with Crippen molar-refractivity contribution in [2.75, 3.05) is 13.1 Å². The van der Waals surface area contributed by atoms with E-state index in [9.17, 15) is 9.59 Å². The normalized spacial score (nSPS) is 16.3. The molecule has 1 heterocycles. The molecule has 0 unspecified atom stereocenters. The highest BCUT2D eigenvalue weighted by molar-refractivity contribution is 5.94. The lowest BCUT2D eigenvalue weighted by molar-refractivity contribution is -0.123. The van der Waals surface area contributed by atoms with Gasteiger partial charge in [0.15, 0.2) is 0 Å². The number of aryl methyl sites for hydroxylation is 1. The number of benzene rings is 1. The second kappa shape index (κ2) is 7.16. The van der Waals surface area contributed by atoms with E-state index in [0.29, 0.717) is 19.5 Å². The van der Waals surface area contributed by atoms with Gasteiger partial charge in [0, 0.05) is 31.1 Å². The fourth-order valence-corrected chi connectivity index (χ4v) is 2.95. The van der Waals surface area contributed by atoms with E-state index in [1.807, 2.05) is 36.1 Å². The number of nitrogens with zero attached hydrogens (tertiary/aromatic N) is 1. The molecule has 1 N–H and O–H groups in total. The Morgan fingerprint density at radius 2 is 1.87 bits per heavy atom. The molecule has 4 nitrogen and oxygen atoms in total. The maximum absolute atomic E-state index is 12.5. The van der Waals surface area contributed by atoms with Crippen molar-refractivity contribution in [1.82, 2.24) is 10.2 Å². The fraction of sp³-hybridized carbons (Fsp3) is 0.579. The van der Waals surface area contributed by atoms with Crippen molar-refractivity contribution in [2.24, 2.45) is 5.41 Å². The molecule has 1 aromatic rings. The maximum Gasteiger partial charge on any atom is 0.253 e. The number of carbonyl (C=O) groups is 2. The van der Waals surface area contributed by atoms with Crippen molar-refractivity contribution in [3.05, 3.63) is 35.4 Å². The van der Waals surface area contributed by atoms with E-state index in [4.69, 9.17) is 0 Å². The summed E-state index contributed by atoms with van der Waals surface area (Å²) in [7, 11) is 0. The van der Waals surface area contributed by atoms with Gasteiger partial charge in [-0.1, -0.05) is 38.5 Å². The molecular weight excluding hydrogens is 288 g/mol. The van der Waals surface area contributed by atoms with Gasteiger partial charge in [0.2, 0.25) is 5.91 Å². The third-order valence-corrected chi connectivity index (χ3v) is 4.10. The number of carbonyl (C=O) groups excluding carboxylic acids is 2. The van der Waals surface area contributed by atoms with Crippen molar-refractivity contribution < 1.29 is 9.59 Å². The SMILES string of the molecule is Cc1cccc(C(=O)N2CCC(NC(=O)CC(C)(C)C)CC2)c1. The Bertz CT molecular complexity index is 567. The molecule has 1 aliphatic heterocycles. The largest absolute Gasteiger partial charge is 0.353 e. The lowest BCUT2D eigenvalue weighted by atomic mass is 9.91. The van der Waals surface area contributed by atoms with Crippen LogP contribution in [0.3, 0.4) is 0 Å². The minimum absolute atomic E-state index is 0.00587. The number of amides is 2. The van der Waals surface area contributed by atoms with E-state index < -0.39 is 0 Å². The summed E-state index contributed by atoms with van der Waals surface area (Å²) in [5.41, 5.74) is 1.85. The Balaban J connectivity index is 1.84. The summed E-state index contributed by atoms with van der Waals surface area (Å²) < 4.78 is 0. The van der Waals surface area contributed by atoms with Gasteiger partial charge in [0.05, 0.1) is 0 Å². The summed E-state index contributed by atoms with van der Waals surface area (Å²) in [4.78, 5) is 26.4. The van der Waals surface area contributed by atoms with Crippen LogP contribution in [0.25, 0.3) is 0 Å². The highest BCUT2D eigenvalue weighted by Gasteiger charge is 2.25. The molecule has 0 spiro atoms. The van der Waals surface area contributed by atoms with Gasteiger partial charge in [-0.15, -0.1) is 0 Å². The quantitative estimate of drug-likeness (QED) is 0.931. The number of nitrogens with one attached hydrogen (secondary N) is 1. The smallest absolute Gasteiger partial charge is 0.253 e. The fourth-order valence-electron chi connectivity index (χ4n) is 2.95. The van der Waals surface area contributed by atoms with Crippen LogP contribution in [0, 0.1) is 12.3 Å². The van der Waals surface area contributed by atoms with Gasteiger partial charge in [-0.05, 0) is 37.3 Å². The predicted molar refractivity (Wildman–Crippen MR) is 92.3 cm³/mol. The predicted octanol–water partition coefficient (Wildman–Crippen LogP) is 3.15. The van der Waals surface area contributed by atoms with Gasteiger partial charge >= 0.3 is 0 Å². The lowest BCUT2D eigenvalue weighted by Gasteiger charge is -2.33. The van der Waals surface area contributed by atoms with Crippen molar-refractivity contribution in [1.29, 1.82) is 0 Å². The molecule has 126 valence electrons. The molecule has 2 rings (SSSR count). The molecule has 1 aromatic carbocycles. The number of hydrogen-bond acceptors (Lipinski definition) is 2. The Morgan fingerprint density at radius 1 is 1.22 bits per heavy atom. The maximum atomic E-state index is 12.5. The first kappa shape index (κ1) is 17.5. The third kappa shape index (κ3) is 5.38. The monoisotopic (exact) mass is 316 g/mol. The summed E-state index contributed by atoms with van der Waals surface area (Å²) in [6.45, 7) is 9.59. The van der Waals surface area contributed by atoms with Crippen molar-refractivity contribution in [3.63, 3.8) is 0 Å². The van der Waals surface area contributed by atoms with Gasteiger partial charge in [-0.3, -0.25) is 9.59 Å². The van der Waals surface area contributed by atoms with Crippen LogP contribution in [0.1, 0.15) is 56.0 Å². The molecule has 0 atom stereocenters. The molecule has 4 heteroatoms. The van der Waals surface area contributed by atoms with E-state index >= 15 is 0 Å². The zero-order chi connectivity index (χ0) is 17.0. The first-order valence-electron chi connectivity index (χ1n) is 8.40. The van der Waals surface area contributed by atoms with Crippen LogP contribution in [-0.4, -0.2) is 35.8 Å². The lowest BCUT2D eigenvalue weighted by Crippen LogP contribution is -2.47. The minimum Gasteiger partial charge on any atom is -0.353 e. The average Bonchev–Trinajstić information content (AvgIpc) is 2.45. The van der Waals surface area contributed by atoms with E-state index in [1.54, 1.807) is 0 Å². The first-order valence-corrected chi connectivity index (χ1v) is 8.40. The Hall–Kier alpha value is -1.84. The number of piperidine rings is 1. The molecule has 1 saturated heterocycles. The standard InChI is InChI=1S/C19H28N2O2/c1-14-6-5-7-15(12-14)18(23)21-10-8-16(9-11-21)20-17(22)13-19(2,3)4/h5-7,12,16H,8-11,13H2,1-4H3,(H,20,22). The average molecular weight is 316 g/mol. The first-order chi connectivity index (χ1) is 10.7. The Labute approximate surface area is 139 Å². The van der Waals surface area contributed by atoms with Crippen molar-refractivity contribution in [2.45, 2.75) is 53.0 Å². The second-order valence-electron chi connectivity index (χ2n) is 7.74. The number of likely N-dealkylation sites (tertiary alicyclic amines) is 1. The topological polar surface area (TPSA) is 49.4 Å². The molecular formula is C19H28N2O2. The molecule has 23 heavy (non-hydrogen) atoms. The summed E-state index contributed by atoms with van der Waals surface area (Å²) in [6, 6.07) is 7.90. The van der Waals surface area contributed by atoms with Crippen LogP contribution in [0.4, 0.5) is 0 Å². The van der Waals surface area contributed by atoms with Crippen LogP contribution in [-0.2, 0) is 4.79 Å². The van der Waals surface area contributed by atoms with Crippen LogP contribution < -0.4 is 5.32 Å². The Morgan fingerprint density at radius 3 is 2.43 bits per heavy atom. The van der Waals surface area contributed by atoms with Gasteiger partial charge in [-0.2, -0.15) is 0 Å². The highest BCUT2D eigenvalue weighted by atomic mass is 16.2. The molecule has 1 fully saturated rings. The summed E-state index contributed by atoms with van der Waals surface area (Å²) in [5.74, 6) is 0.203. The molecule has 0 aromatic heterocycles. The molecule has 0 bridgehead atoms. The third-order valence-electron chi connectivity index (χ3n) is 4.10. The highest BCUT2D eigenvalue weighted by Crippen LogP contribution is 2.19. The van der Waals surface area contributed by atoms with Crippen molar-refractivity contribution in [3.8, 4) is 0 Å². The van der Waals surface area contributed by atoms with Gasteiger partial charge in [-0.25, -0.2) is 0 Å². The van der Waals surface area contributed by atoms with E-state index in [1.165, 1.54) is 0 Å². The van der Waals surface area contributed by atoms with Gasteiger partial charge in [0.25, 0.3) is 5.91 Å². The van der Waals surface area contributed by atoms with Gasteiger partial charge in [0.1, 0.15) is 0 Å². The summed E-state index contributed by atoms with van der Waals surface area (Å²) >= 11 is 0. The molecule has 0 saturated carbocycles.